The maximum absolute atomic E-state index is 12.0. The van der Waals surface area contributed by atoms with Crippen LogP contribution in [0.5, 0.6) is 0 Å². The van der Waals surface area contributed by atoms with E-state index in [4.69, 9.17) is 5.11 Å². The molecule has 1 aliphatic heterocycles. The summed E-state index contributed by atoms with van der Waals surface area (Å²) in [4.78, 5) is 12.0. The Labute approximate surface area is 131 Å². The standard InChI is InChI=1S/C13H26N2O4S2/c1-2-21(18,19)15-7-4-12(5-8-15)13(17)14-6-11-20-10-3-9-16/h12,16H,2-11H2,1H3,(H,14,17). The van der Waals surface area contributed by atoms with E-state index in [1.807, 2.05) is 0 Å². The maximum atomic E-state index is 12.0. The third kappa shape index (κ3) is 6.54. The number of rotatable bonds is 9. The van der Waals surface area contributed by atoms with Gasteiger partial charge >= 0.3 is 0 Å². The van der Waals surface area contributed by atoms with Crippen LogP contribution in [-0.4, -0.2) is 67.2 Å². The molecule has 0 bridgehead atoms. The number of carbonyl (C=O) groups is 1. The zero-order valence-electron chi connectivity index (χ0n) is 12.6. The van der Waals surface area contributed by atoms with Gasteiger partial charge in [0.25, 0.3) is 0 Å². The van der Waals surface area contributed by atoms with E-state index in [0.717, 1.165) is 17.9 Å². The van der Waals surface area contributed by atoms with Gasteiger partial charge in [-0.25, -0.2) is 12.7 Å². The van der Waals surface area contributed by atoms with Gasteiger partial charge in [-0.1, -0.05) is 0 Å². The van der Waals surface area contributed by atoms with Gasteiger partial charge in [-0.3, -0.25) is 4.79 Å². The normalized spacial score (nSPS) is 17.8. The minimum atomic E-state index is -3.12. The molecule has 0 aromatic carbocycles. The summed E-state index contributed by atoms with van der Waals surface area (Å²) in [5.74, 6) is 1.82. The molecule has 1 amide bonds. The first-order chi connectivity index (χ1) is 10.0. The Morgan fingerprint density at radius 3 is 2.57 bits per heavy atom. The summed E-state index contributed by atoms with van der Waals surface area (Å²) in [6.45, 7) is 3.36. The molecule has 2 N–H and O–H groups in total. The molecule has 1 fully saturated rings. The third-order valence-corrected chi connectivity index (χ3v) is 6.53. The fourth-order valence-electron chi connectivity index (χ4n) is 2.24. The average molecular weight is 338 g/mol. The van der Waals surface area contributed by atoms with Crippen LogP contribution in [0, 0.1) is 5.92 Å². The van der Waals surface area contributed by atoms with E-state index in [-0.39, 0.29) is 24.2 Å². The predicted octanol–water partition coefficient (Wildman–Crippen LogP) is 0.280. The highest BCUT2D eigenvalue weighted by Crippen LogP contribution is 2.19. The van der Waals surface area contributed by atoms with Crippen molar-refractivity contribution in [3.8, 4) is 0 Å². The minimum absolute atomic E-state index is 0.0336. The van der Waals surface area contributed by atoms with Crippen molar-refractivity contribution in [2.45, 2.75) is 26.2 Å². The number of nitrogens with one attached hydrogen (secondary N) is 1. The third-order valence-electron chi connectivity index (χ3n) is 3.58. The summed E-state index contributed by atoms with van der Waals surface area (Å²) < 4.78 is 25.0. The van der Waals surface area contributed by atoms with Crippen molar-refractivity contribution in [3.63, 3.8) is 0 Å². The van der Waals surface area contributed by atoms with Gasteiger partial charge in [0.1, 0.15) is 0 Å². The van der Waals surface area contributed by atoms with Gasteiger partial charge in [-0.15, -0.1) is 0 Å². The summed E-state index contributed by atoms with van der Waals surface area (Å²) in [6.07, 6.45) is 1.98. The Morgan fingerprint density at radius 1 is 1.33 bits per heavy atom. The molecule has 0 saturated carbocycles. The van der Waals surface area contributed by atoms with Crippen LogP contribution in [0.15, 0.2) is 0 Å². The lowest BCUT2D eigenvalue weighted by Gasteiger charge is -2.30. The first kappa shape index (κ1) is 18.7. The Morgan fingerprint density at radius 2 is 2.00 bits per heavy atom. The van der Waals surface area contributed by atoms with Gasteiger partial charge in [-0.2, -0.15) is 11.8 Å². The number of hydrogen-bond acceptors (Lipinski definition) is 5. The molecular formula is C13H26N2O4S2. The molecule has 0 aliphatic carbocycles. The molecule has 0 atom stereocenters. The van der Waals surface area contributed by atoms with E-state index in [1.54, 1.807) is 18.7 Å². The van der Waals surface area contributed by atoms with Crippen LogP contribution in [0.3, 0.4) is 0 Å². The van der Waals surface area contributed by atoms with E-state index >= 15 is 0 Å². The summed E-state index contributed by atoms with van der Waals surface area (Å²) in [5, 5.41) is 11.6. The molecule has 6 nitrogen and oxygen atoms in total. The van der Waals surface area contributed by atoms with E-state index in [2.05, 4.69) is 5.32 Å². The lowest BCUT2D eigenvalue weighted by Crippen LogP contribution is -2.43. The van der Waals surface area contributed by atoms with Gasteiger partial charge in [0.15, 0.2) is 0 Å². The molecule has 0 aromatic rings. The second-order valence-corrected chi connectivity index (χ2v) is 8.54. The highest BCUT2D eigenvalue weighted by atomic mass is 32.2. The highest BCUT2D eigenvalue weighted by molar-refractivity contribution is 7.99. The lowest BCUT2D eigenvalue weighted by molar-refractivity contribution is -0.125. The Balaban J connectivity index is 2.20. The van der Waals surface area contributed by atoms with Crippen LogP contribution in [0.1, 0.15) is 26.2 Å². The largest absolute Gasteiger partial charge is 0.396 e. The molecule has 21 heavy (non-hydrogen) atoms. The van der Waals surface area contributed by atoms with Gasteiger partial charge in [0, 0.05) is 37.9 Å². The van der Waals surface area contributed by atoms with Crippen molar-refractivity contribution >= 4 is 27.7 Å². The van der Waals surface area contributed by atoms with Gasteiger partial charge in [0.2, 0.25) is 15.9 Å². The highest BCUT2D eigenvalue weighted by Gasteiger charge is 2.29. The number of nitrogens with zero attached hydrogens (tertiary/aromatic N) is 1. The molecule has 8 heteroatoms. The van der Waals surface area contributed by atoms with Crippen LogP contribution in [0.25, 0.3) is 0 Å². The Kier molecular flexibility index (Phi) is 8.62. The first-order valence-corrected chi connectivity index (χ1v) is 10.2. The van der Waals surface area contributed by atoms with Crippen molar-refractivity contribution in [1.82, 2.24) is 9.62 Å². The van der Waals surface area contributed by atoms with E-state index in [1.165, 1.54) is 4.31 Å². The van der Waals surface area contributed by atoms with E-state index in [0.29, 0.717) is 32.5 Å². The molecule has 1 rings (SSSR count). The van der Waals surface area contributed by atoms with Crippen molar-refractivity contribution < 1.29 is 18.3 Å². The van der Waals surface area contributed by atoms with E-state index in [9.17, 15) is 13.2 Å². The van der Waals surface area contributed by atoms with E-state index < -0.39 is 10.0 Å². The quantitative estimate of drug-likeness (QED) is 0.590. The SMILES string of the molecule is CCS(=O)(=O)N1CCC(C(=O)NCCSCCCO)CC1. The minimum Gasteiger partial charge on any atom is -0.396 e. The number of thioether (sulfide) groups is 1. The van der Waals surface area contributed by atoms with Gasteiger partial charge < -0.3 is 10.4 Å². The zero-order chi connectivity index (χ0) is 15.7. The zero-order valence-corrected chi connectivity index (χ0v) is 14.2. The number of sulfonamides is 1. The fraction of sp³-hybridized carbons (Fsp3) is 0.923. The van der Waals surface area contributed by atoms with Crippen LogP contribution < -0.4 is 5.32 Å². The molecule has 1 saturated heterocycles. The van der Waals surface area contributed by atoms with Gasteiger partial charge in [-0.05, 0) is 31.9 Å². The number of piperidine rings is 1. The predicted molar refractivity (Wildman–Crippen MR) is 85.8 cm³/mol. The lowest BCUT2D eigenvalue weighted by atomic mass is 9.97. The van der Waals surface area contributed by atoms with Crippen molar-refractivity contribution in [3.05, 3.63) is 0 Å². The summed E-state index contributed by atoms with van der Waals surface area (Å²) >= 11 is 1.71. The molecular weight excluding hydrogens is 312 g/mol. The summed E-state index contributed by atoms with van der Waals surface area (Å²) in [5.41, 5.74) is 0. The fourth-order valence-corrected chi connectivity index (χ4v) is 4.15. The smallest absolute Gasteiger partial charge is 0.223 e. The van der Waals surface area contributed by atoms with Crippen LogP contribution >= 0.6 is 11.8 Å². The Hall–Kier alpha value is -0.310. The number of amides is 1. The first-order valence-electron chi connectivity index (χ1n) is 7.45. The van der Waals surface area contributed by atoms with Crippen molar-refractivity contribution in [1.29, 1.82) is 0 Å². The molecule has 1 heterocycles. The Bertz CT molecular complexity index is 406. The summed E-state index contributed by atoms with van der Waals surface area (Å²) in [6, 6.07) is 0. The summed E-state index contributed by atoms with van der Waals surface area (Å²) in [7, 11) is -3.12. The van der Waals surface area contributed by atoms with Gasteiger partial charge in [0.05, 0.1) is 5.75 Å². The van der Waals surface area contributed by atoms with Crippen LogP contribution in [0.2, 0.25) is 0 Å². The molecule has 0 unspecified atom stereocenters. The molecule has 1 aliphatic rings. The maximum Gasteiger partial charge on any atom is 0.223 e. The molecule has 0 aromatic heterocycles. The van der Waals surface area contributed by atoms with Crippen molar-refractivity contribution in [2.24, 2.45) is 5.92 Å². The number of hydrogen-bond donors (Lipinski definition) is 2. The topological polar surface area (TPSA) is 86.7 Å². The number of aliphatic hydroxyl groups excluding tert-OH is 1. The number of aliphatic hydroxyl groups is 1. The van der Waals surface area contributed by atoms with Crippen molar-refractivity contribution in [2.75, 3.05) is 43.5 Å². The second-order valence-electron chi connectivity index (χ2n) is 5.05. The molecule has 0 spiro atoms. The molecule has 124 valence electrons. The monoisotopic (exact) mass is 338 g/mol. The van der Waals surface area contributed by atoms with Crippen LogP contribution in [-0.2, 0) is 14.8 Å². The van der Waals surface area contributed by atoms with Crippen LogP contribution in [0.4, 0.5) is 0 Å². The number of carbonyl (C=O) groups excluding carboxylic acids is 1. The average Bonchev–Trinajstić information content (AvgIpc) is 2.50. The second kappa shape index (κ2) is 9.66. The molecule has 0 radical (unpaired) electrons.